The largest absolute Gasteiger partial charge is 0.394 e. The standard InChI is InChI=1S/C18H18Cl2N4O/c1-2-12(10-25)21-17-13-5-3-4-6-15(13)22-18(24-17)23-16-9-11(19)7-8-14(16)20/h3-9,12,25H,2,10H2,1H3,(H2,21,22,23,24). The summed E-state index contributed by atoms with van der Waals surface area (Å²) in [6.07, 6.45) is 0.776. The van der Waals surface area contributed by atoms with Crippen molar-refractivity contribution in [2.45, 2.75) is 19.4 Å². The molecule has 1 heterocycles. The number of benzene rings is 2. The number of nitrogens with zero attached hydrogens (tertiary/aromatic N) is 2. The normalized spacial score (nSPS) is 12.2. The molecule has 5 nitrogen and oxygen atoms in total. The van der Waals surface area contributed by atoms with Gasteiger partial charge in [-0.15, -0.1) is 0 Å². The fourth-order valence-electron chi connectivity index (χ4n) is 2.43. The fraction of sp³-hybridized carbons (Fsp3) is 0.222. The van der Waals surface area contributed by atoms with Crippen LogP contribution in [0.25, 0.3) is 10.9 Å². The number of anilines is 3. The summed E-state index contributed by atoms with van der Waals surface area (Å²) >= 11 is 12.2. The molecule has 1 unspecified atom stereocenters. The number of aliphatic hydroxyl groups excluding tert-OH is 1. The maximum atomic E-state index is 9.48. The van der Waals surface area contributed by atoms with E-state index in [0.717, 1.165) is 17.3 Å². The van der Waals surface area contributed by atoms with Crippen molar-refractivity contribution in [3.05, 3.63) is 52.5 Å². The molecule has 1 aromatic heterocycles. The summed E-state index contributed by atoms with van der Waals surface area (Å²) in [5.74, 6) is 1.06. The maximum absolute atomic E-state index is 9.48. The van der Waals surface area contributed by atoms with Crippen LogP contribution in [0.3, 0.4) is 0 Å². The Balaban J connectivity index is 2.02. The molecular weight excluding hydrogens is 359 g/mol. The zero-order valence-electron chi connectivity index (χ0n) is 13.6. The highest BCUT2D eigenvalue weighted by Crippen LogP contribution is 2.29. The van der Waals surface area contributed by atoms with Gasteiger partial charge in [0, 0.05) is 10.4 Å². The predicted molar refractivity (Wildman–Crippen MR) is 104 cm³/mol. The average Bonchev–Trinajstić information content (AvgIpc) is 2.62. The third-order valence-corrected chi connectivity index (χ3v) is 4.40. The van der Waals surface area contributed by atoms with Crippen LogP contribution < -0.4 is 10.6 Å². The zero-order valence-corrected chi connectivity index (χ0v) is 15.1. The first kappa shape index (κ1) is 17.7. The molecule has 3 rings (SSSR count). The van der Waals surface area contributed by atoms with Crippen molar-refractivity contribution in [2.75, 3.05) is 17.2 Å². The molecule has 0 spiro atoms. The van der Waals surface area contributed by atoms with Crippen molar-refractivity contribution in [2.24, 2.45) is 0 Å². The SMILES string of the molecule is CCC(CO)Nc1nc(Nc2cc(Cl)ccc2Cl)nc2ccccc12. The van der Waals surface area contributed by atoms with Crippen LogP contribution in [0.5, 0.6) is 0 Å². The zero-order chi connectivity index (χ0) is 17.8. The number of para-hydroxylation sites is 1. The molecule has 25 heavy (non-hydrogen) atoms. The van der Waals surface area contributed by atoms with Gasteiger partial charge in [-0.2, -0.15) is 4.98 Å². The van der Waals surface area contributed by atoms with E-state index in [0.29, 0.717) is 27.5 Å². The van der Waals surface area contributed by atoms with Crippen LogP contribution in [-0.2, 0) is 0 Å². The van der Waals surface area contributed by atoms with Gasteiger partial charge in [-0.3, -0.25) is 0 Å². The summed E-state index contributed by atoms with van der Waals surface area (Å²) < 4.78 is 0. The van der Waals surface area contributed by atoms with Gasteiger partial charge in [0.2, 0.25) is 5.95 Å². The summed E-state index contributed by atoms with van der Waals surface area (Å²) in [6, 6.07) is 12.8. The van der Waals surface area contributed by atoms with E-state index < -0.39 is 0 Å². The Morgan fingerprint density at radius 2 is 1.92 bits per heavy atom. The van der Waals surface area contributed by atoms with E-state index in [2.05, 4.69) is 20.6 Å². The maximum Gasteiger partial charge on any atom is 0.229 e. The second-order valence-electron chi connectivity index (χ2n) is 5.59. The molecule has 0 aliphatic rings. The summed E-state index contributed by atoms with van der Waals surface area (Å²) in [7, 11) is 0. The van der Waals surface area contributed by atoms with Crippen LogP contribution in [0.15, 0.2) is 42.5 Å². The quantitative estimate of drug-likeness (QED) is 0.572. The van der Waals surface area contributed by atoms with Gasteiger partial charge in [-0.05, 0) is 36.8 Å². The monoisotopic (exact) mass is 376 g/mol. The number of hydrogen-bond acceptors (Lipinski definition) is 5. The number of aromatic nitrogens is 2. The lowest BCUT2D eigenvalue weighted by Gasteiger charge is -2.17. The summed E-state index contributed by atoms with van der Waals surface area (Å²) in [6.45, 7) is 2.03. The van der Waals surface area contributed by atoms with E-state index in [4.69, 9.17) is 23.2 Å². The highest BCUT2D eigenvalue weighted by atomic mass is 35.5. The Labute approximate surface area is 156 Å². The molecule has 2 aromatic carbocycles. The third-order valence-electron chi connectivity index (χ3n) is 3.83. The summed E-state index contributed by atoms with van der Waals surface area (Å²) in [5.41, 5.74) is 1.41. The van der Waals surface area contributed by atoms with E-state index in [1.165, 1.54) is 0 Å². The van der Waals surface area contributed by atoms with E-state index in [1.54, 1.807) is 18.2 Å². The average molecular weight is 377 g/mol. The first-order valence-corrected chi connectivity index (χ1v) is 8.72. The molecule has 0 bridgehead atoms. The van der Waals surface area contributed by atoms with Crippen molar-refractivity contribution in [1.29, 1.82) is 0 Å². The van der Waals surface area contributed by atoms with Crippen molar-refractivity contribution >= 4 is 51.6 Å². The number of halogens is 2. The molecule has 7 heteroatoms. The van der Waals surface area contributed by atoms with Gasteiger partial charge in [0.15, 0.2) is 0 Å². The van der Waals surface area contributed by atoms with Crippen molar-refractivity contribution < 1.29 is 5.11 Å². The second kappa shape index (κ2) is 7.87. The molecule has 0 saturated heterocycles. The van der Waals surface area contributed by atoms with E-state index >= 15 is 0 Å². The lowest BCUT2D eigenvalue weighted by Crippen LogP contribution is -2.23. The van der Waals surface area contributed by atoms with Gasteiger partial charge in [-0.1, -0.05) is 42.3 Å². The van der Waals surface area contributed by atoms with Crippen LogP contribution in [-0.4, -0.2) is 27.7 Å². The Kier molecular flexibility index (Phi) is 5.58. The number of fused-ring (bicyclic) bond motifs is 1. The highest BCUT2D eigenvalue weighted by Gasteiger charge is 2.12. The molecular formula is C18H18Cl2N4O. The number of nitrogens with one attached hydrogen (secondary N) is 2. The van der Waals surface area contributed by atoms with Gasteiger partial charge in [0.25, 0.3) is 0 Å². The second-order valence-corrected chi connectivity index (χ2v) is 6.44. The van der Waals surface area contributed by atoms with Crippen molar-refractivity contribution in [1.82, 2.24) is 9.97 Å². The summed E-state index contributed by atoms with van der Waals surface area (Å²) in [5, 5.41) is 17.8. The lowest BCUT2D eigenvalue weighted by atomic mass is 10.2. The lowest BCUT2D eigenvalue weighted by molar-refractivity contribution is 0.271. The van der Waals surface area contributed by atoms with Crippen LogP contribution >= 0.6 is 23.2 Å². The van der Waals surface area contributed by atoms with Gasteiger partial charge >= 0.3 is 0 Å². The fourth-order valence-corrected chi connectivity index (χ4v) is 2.76. The summed E-state index contributed by atoms with van der Waals surface area (Å²) in [4.78, 5) is 9.09. The van der Waals surface area contributed by atoms with E-state index in [9.17, 15) is 5.11 Å². The number of aliphatic hydroxyl groups is 1. The van der Waals surface area contributed by atoms with Crippen LogP contribution in [0.4, 0.5) is 17.5 Å². The Morgan fingerprint density at radius 1 is 1.12 bits per heavy atom. The Hall–Kier alpha value is -2.08. The van der Waals surface area contributed by atoms with Crippen molar-refractivity contribution in [3.8, 4) is 0 Å². The molecule has 0 aliphatic heterocycles. The minimum atomic E-state index is -0.0825. The smallest absolute Gasteiger partial charge is 0.229 e. The minimum Gasteiger partial charge on any atom is -0.394 e. The topological polar surface area (TPSA) is 70.1 Å². The van der Waals surface area contributed by atoms with Crippen LogP contribution in [0.2, 0.25) is 10.0 Å². The Morgan fingerprint density at radius 3 is 2.68 bits per heavy atom. The molecule has 0 aliphatic carbocycles. The minimum absolute atomic E-state index is 0.0255. The highest BCUT2D eigenvalue weighted by molar-refractivity contribution is 6.35. The number of hydrogen-bond donors (Lipinski definition) is 3. The number of rotatable bonds is 6. The van der Waals surface area contributed by atoms with Gasteiger partial charge in [0.1, 0.15) is 5.82 Å². The van der Waals surface area contributed by atoms with Crippen LogP contribution in [0, 0.1) is 0 Å². The van der Waals surface area contributed by atoms with Crippen LogP contribution in [0.1, 0.15) is 13.3 Å². The molecule has 3 N–H and O–H groups in total. The van der Waals surface area contributed by atoms with E-state index in [1.807, 2.05) is 31.2 Å². The predicted octanol–water partition coefficient (Wildman–Crippen LogP) is 4.86. The van der Waals surface area contributed by atoms with Gasteiger partial charge in [0.05, 0.1) is 28.9 Å². The molecule has 0 radical (unpaired) electrons. The van der Waals surface area contributed by atoms with E-state index in [-0.39, 0.29) is 12.6 Å². The van der Waals surface area contributed by atoms with Gasteiger partial charge < -0.3 is 15.7 Å². The molecule has 0 amide bonds. The third kappa shape index (κ3) is 4.12. The first-order chi connectivity index (χ1) is 12.1. The molecule has 1 atom stereocenters. The molecule has 0 fully saturated rings. The Bertz CT molecular complexity index is 884. The molecule has 130 valence electrons. The molecule has 3 aromatic rings. The van der Waals surface area contributed by atoms with Gasteiger partial charge in [-0.25, -0.2) is 4.98 Å². The molecule has 0 saturated carbocycles. The van der Waals surface area contributed by atoms with Crippen molar-refractivity contribution in [3.63, 3.8) is 0 Å². The first-order valence-electron chi connectivity index (χ1n) is 7.97.